The summed E-state index contributed by atoms with van der Waals surface area (Å²) in [5.41, 5.74) is 0.282. The average Bonchev–Trinajstić information content (AvgIpc) is 3.07. The molecule has 0 radical (unpaired) electrons. The molecule has 1 aromatic heterocycles. The lowest BCUT2D eigenvalue weighted by molar-refractivity contribution is -0.245. The van der Waals surface area contributed by atoms with E-state index in [9.17, 15) is 9.50 Å². The Hall–Kier alpha value is -1.08. The van der Waals surface area contributed by atoms with Crippen molar-refractivity contribution in [1.29, 1.82) is 0 Å². The molecule has 0 amide bonds. The monoisotopic (exact) mass is 392 g/mol. The third kappa shape index (κ3) is 3.97. The molecule has 1 N–H and O–H groups in total. The first-order valence-electron chi connectivity index (χ1n) is 10.5. The molecule has 0 bridgehead atoms. The molecule has 5 nitrogen and oxygen atoms in total. The molecule has 0 saturated carbocycles. The van der Waals surface area contributed by atoms with E-state index in [0.29, 0.717) is 0 Å². The first-order valence-corrected chi connectivity index (χ1v) is 10.5. The van der Waals surface area contributed by atoms with Crippen molar-refractivity contribution in [1.82, 2.24) is 9.88 Å². The van der Waals surface area contributed by atoms with Crippen molar-refractivity contribution in [2.75, 3.05) is 19.7 Å². The van der Waals surface area contributed by atoms with Gasteiger partial charge < -0.3 is 14.6 Å². The minimum Gasteiger partial charge on any atom is -0.390 e. The van der Waals surface area contributed by atoms with E-state index in [-0.39, 0.29) is 22.9 Å². The van der Waals surface area contributed by atoms with Crippen molar-refractivity contribution in [3.63, 3.8) is 0 Å². The number of ether oxygens (including phenoxy) is 2. The van der Waals surface area contributed by atoms with E-state index in [1.807, 2.05) is 13.8 Å². The molecule has 0 aliphatic carbocycles. The van der Waals surface area contributed by atoms with Crippen LogP contribution in [-0.4, -0.2) is 58.1 Å². The van der Waals surface area contributed by atoms with Gasteiger partial charge >= 0.3 is 0 Å². The molecular weight excluding hydrogens is 359 g/mol. The Bertz CT molecular complexity index is 688. The molecule has 3 atom stereocenters. The number of likely N-dealkylation sites (tertiary alicyclic amines) is 1. The number of aliphatic hydroxyl groups excluding tert-OH is 1. The van der Waals surface area contributed by atoms with E-state index in [1.54, 1.807) is 6.07 Å². The normalized spacial score (nSPS) is 35.3. The van der Waals surface area contributed by atoms with Crippen LogP contribution in [0.25, 0.3) is 0 Å². The minimum atomic E-state index is -0.530. The fourth-order valence-corrected chi connectivity index (χ4v) is 5.16. The van der Waals surface area contributed by atoms with E-state index in [2.05, 4.69) is 16.8 Å². The molecule has 3 saturated heterocycles. The third-order valence-corrected chi connectivity index (χ3v) is 7.19. The number of rotatable bonds is 3. The Labute approximate surface area is 167 Å². The zero-order valence-electron chi connectivity index (χ0n) is 17.3. The summed E-state index contributed by atoms with van der Waals surface area (Å²) in [5.74, 6) is -0.287. The standard InChI is InChI=1S/C22H33FN2O3/c1-20(2)18(26)6-7-21(3,28-20)19-12-22(15-27-19)8-10-25(11-9-22)14-17-5-4-16(23)13-24-17/h4-5,13,18-19,26H,6-12,14-15H2,1-3H3/t18-,19+,21+/m0/s1. The zero-order chi connectivity index (χ0) is 20.0. The number of aromatic nitrogens is 1. The number of piperidine rings is 1. The second-order valence-electron chi connectivity index (χ2n) is 9.82. The maximum absolute atomic E-state index is 13.0. The molecule has 1 spiro atoms. The fraction of sp³-hybridized carbons (Fsp3) is 0.773. The lowest BCUT2D eigenvalue weighted by Gasteiger charge is -2.48. The molecule has 4 heterocycles. The zero-order valence-corrected chi connectivity index (χ0v) is 17.3. The van der Waals surface area contributed by atoms with Gasteiger partial charge in [0.2, 0.25) is 0 Å². The number of pyridine rings is 1. The van der Waals surface area contributed by atoms with Gasteiger partial charge in [0.15, 0.2) is 0 Å². The highest BCUT2D eigenvalue weighted by Gasteiger charge is 2.53. The van der Waals surface area contributed by atoms with Crippen LogP contribution in [0.15, 0.2) is 18.3 Å². The Morgan fingerprint density at radius 2 is 1.96 bits per heavy atom. The van der Waals surface area contributed by atoms with Crippen LogP contribution in [0, 0.1) is 11.2 Å². The molecule has 0 aromatic carbocycles. The topological polar surface area (TPSA) is 54.8 Å². The molecule has 28 heavy (non-hydrogen) atoms. The molecular formula is C22H33FN2O3. The maximum Gasteiger partial charge on any atom is 0.141 e. The predicted molar refractivity (Wildman–Crippen MR) is 104 cm³/mol. The number of nitrogens with zero attached hydrogens (tertiary/aromatic N) is 2. The molecule has 3 fully saturated rings. The number of halogens is 1. The summed E-state index contributed by atoms with van der Waals surface area (Å²) in [7, 11) is 0. The maximum atomic E-state index is 13.0. The molecule has 4 rings (SSSR count). The second kappa shape index (κ2) is 7.31. The Balaban J connectivity index is 1.34. The number of hydrogen-bond donors (Lipinski definition) is 1. The van der Waals surface area contributed by atoms with Gasteiger partial charge in [-0.2, -0.15) is 0 Å². The number of aliphatic hydroxyl groups is 1. The van der Waals surface area contributed by atoms with Crippen molar-refractivity contribution in [3.8, 4) is 0 Å². The van der Waals surface area contributed by atoms with Crippen molar-refractivity contribution in [2.45, 2.75) is 82.8 Å². The van der Waals surface area contributed by atoms with Crippen LogP contribution in [0.5, 0.6) is 0 Å². The smallest absolute Gasteiger partial charge is 0.141 e. The van der Waals surface area contributed by atoms with Crippen molar-refractivity contribution in [3.05, 3.63) is 29.8 Å². The lowest BCUT2D eigenvalue weighted by atomic mass is 9.73. The van der Waals surface area contributed by atoms with E-state index >= 15 is 0 Å². The molecule has 1 aromatic rings. The molecule has 6 heteroatoms. The molecule has 3 aliphatic heterocycles. The van der Waals surface area contributed by atoms with Crippen LogP contribution in [-0.2, 0) is 16.0 Å². The van der Waals surface area contributed by atoms with Gasteiger partial charge in [0.1, 0.15) is 5.82 Å². The Morgan fingerprint density at radius 3 is 2.61 bits per heavy atom. The molecule has 156 valence electrons. The summed E-state index contributed by atoms with van der Waals surface area (Å²) >= 11 is 0. The van der Waals surface area contributed by atoms with Crippen LogP contribution >= 0.6 is 0 Å². The van der Waals surface area contributed by atoms with Gasteiger partial charge in [0.25, 0.3) is 0 Å². The Morgan fingerprint density at radius 1 is 1.21 bits per heavy atom. The summed E-state index contributed by atoms with van der Waals surface area (Å²) in [6, 6.07) is 3.25. The first-order chi connectivity index (χ1) is 13.2. The minimum absolute atomic E-state index is 0.0876. The van der Waals surface area contributed by atoms with Gasteiger partial charge in [-0.1, -0.05) is 0 Å². The lowest BCUT2D eigenvalue weighted by Crippen LogP contribution is -2.56. The van der Waals surface area contributed by atoms with Crippen LogP contribution in [0.1, 0.15) is 58.6 Å². The highest BCUT2D eigenvalue weighted by atomic mass is 19.1. The predicted octanol–water partition coefficient (Wildman–Crippen LogP) is 3.30. The van der Waals surface area contributed by atoms with Crippen LogP contribution in [0.2, 0.25) is 0 Å². The molecule has 3 aliphatic rings. The third-order valence-electron chi connectivity index (χ3n) is 7.19. The summed E-state index contributed by atoms with van der Waals surface area (Å²) in [4.78, 5) is 6.58. The summed E-state index contributed by atoms with van der Waals surface area (Å²) < 4.78 is 25.7. The van der Waals surface area contributed by atoms with Gasteiger partial charge in [0, 0.05) is 6.54 Å². The molecule has 0 unspecified atom stereocenters. The van der Waals surface area contributed by atoms with Gasteiger partial charge in [-0.25, -0.2) is 4.39 Å². The SMILES string of the molecule is CC1(C)O[C@@](C)([C@H]2CC3(CCN(Cc4ccc(F)cn4)CC3)CO2)CC[C@@H]1O. The van der Waals surface area contributed by atoms with Crippen molar-refractivity contribution >= 4 is 0 Å². The summed E-state index contributed by atoms with van der Waals surface area (Å²) in [6.07, 6.45) is 5.79. The summed E-state index contributed by atoms with van der Waals surface area (Å²) in [5, 5.41) is 10.2. The van der Waals surface area contributed by atoms with Crippen LogP contribution < -0.4 is 0 Å². The number of hydrogen-bond acceptors (Lipinski definition) is 5. The summed E-state index contributed by atoms with van der Waals surface area (Å²) in [6.45, 7) is 9.69. The van der Waals surface area contributed by atoms with Crippen LogP contribution in [0.4, 0.5) is 4.39 Å². The Kier molecular flexibility index (Phi) is 5.28. The largest absolute Gasteiger partial charge is 0.390 e. The van der Waals surface area contributed by atoms with Crippen molar-refractivity contribution in [2.24, 2.45) is 5.41 Å². The second-order valence-corrected chi connectivity index (χ2v) is 9.82. The fourth-order valence-electron chi connectivity index (χ4n) is 5.16. The van der Waals surface area contributed by atoms with E-state index in [1.165, 1.54) is 12.3 Å². The van der Waals surface area contributed by atoms with Crippen molar-refractivity contribution < 1.29 is 19.0 Å². The van der Waals surface area contributed by atoms with Gasteiger partial charge in [-0.05, 0) is 83.5 Å². The highest BCUT2D eigenvalue weighted by Crippen LogP contribution is 2.49. The quantitative estimate of drug-likeness (QED) is 0.855. The average molecular weight is 393 g/mol. The van der Waals surface area contributed by atoms with Crippen LogP contribution in [0.3, 0.4) is 0 Å². The van der Waals surface area contributed by atoms with E-state index < -0.39 is 11.7 Å². The van der Waals surface area contributed by atoms with Gasteiger partial charge in [-0.15, -0.1) is 0 Å². The highest BCUT2D eigenvalue weighted by molar-refractivity contribution is 5.06. The van der Waals surface area contributed by atoms with E-state index in [0.717, 1.165) is 64.0 Å². The van der Waals surface area contributed by atoms with Gasteiger partial charge in [0.05, 0.1) is 41.9 Å². The van der Waals surface area contributed by atoms with E-state index in [4.69, 9.17) is 9.47 Å². The van der Waals surface area contributed by atoms with Gasteiger partial charge in [-0.3, -0.25) is 9.88 Å². The first kappa shape index (κ1) is 20.2.